The number of nitrogens with two attached hydrogens (primary N) is 1. The molecule has 106 valence electrons. The molecule has 0 spiro atoms. The van der Waals surface area contributed by atoms with Crippen LogP contribution in [-0.4, -0.2) is 24.0 Å². The van der Waals surface area contributed by atoms with E-state index in [1.165, 1.54) is 18.4 Å². The predicted molar refractivity (Wildman–Crippen MR) is 82.6 cm³/mol. The maximum Gasteiger partial charge on any atom is 0.0280 e. The molecule has 0 aromatic heterocycles. The van der Waals surface area contributed by atoms with Crippen molar-refractivity contribution < 1.29 is 0 Å². The van der Waals surface area contributed by atoms with Crippen molar-refractivity contribution in [2.24, 2.45) is 5.73 Å². The van der Waals surface area contributed by atoms with E-state index in [-0.39, 0.29) is 0 Å². The van der Waals surface area contributed by atoms with Gasteiger partial charge in [-0.3, -0.25) is 4.90 Å². The van der Waals surface area contributed by atoms with Crippen molar-refractivity contribution in [3.05, 3.63) is 48.3 Å². The van der Waals surface area contributed by atoms with E-state index in [4.69, 9.17) is 5.73 Å². The summed E-state index contributed by atoms with van der Waals surface area (Å²) in [6.07, 6.45) is 5.79. The van der Waals surface area contributed by atoms with E-state index in [1.807, 2.05) is 20.0 Å². The first kappa shape index (κ1) is 15.6. The number of benzene rings is 1. The van der Waals surface area contributed by atoms with Crippen molar-refractivity contribution in [1.82, 2.24) is 10.2 Å². The summed E-state index contributed by atoms with van der Waals surface area (Å²) >= 11 is 0. The van der Waals surface area contributed by atoms with E-state index in [1.54, 1.807) is 6.20 Å². The van der Waals surface area contributed by atoms with Crippen LogP contribution in [0.1, 0.15) is 32.3 Å². The molecular formula is C16H27N3. The largest absolute Gasteiger partial charge is 0.403 e. The molecule has 3 N–H and O–H groups in total. The molecule has 0 bridgehead atoms. The second kappa shape index (κ2) is 9.45. The highest BCUT2D eigenvalue weighted by Gasteiger charge is 2.17. The summed E-state index contributed by atoms with van der Waals surface area (Å²) < 4.78 is 0. The zero-order valence-corrected chi connectivity index (χ0v) is 12.2. The van der Waals surface area contributed by atoms with Gasteiger partial charge in [-0.25, -0.2) is 0 Å². The summed E-state index contributed by atoms with van der Waals surface area (Å²) in [4.78, 5) is 2.51. The molecule has 2 rings (SSSR count). The van der Waals surface area contributed by atoms with Gasteiger partial charge in [0.15, 0.2) is 0 Å². The molecule has 0 saturated carbocycles. The van der Waals surface area contributed by atoms with Crippen LogP contribution in [0.25, 0.3) is 0 Å². The lowest BCUT2D eigenvalue weighted by molar-refractivity contribution is 0.197. The van der Waals surface area contributed by atoms with Gasteiger partial charge in [-0.05, 0) is 18.4 Å². The smallest absolute Gasteiger partial charge is 0.0280 e. The topological polar surface area (TPSA) is 41.3 Å². The van der Waals surface area contributed by atoms with Crippen molar-refractivity contribution >= 4 is 0 Å². The molecule has 3 nitrogen and oxygen atoms in total. The highest BCUT2D eigenvalue weighted by atomic mass is 15.1. The Hall–Kier alpha value is -1.48. The molecule has 3 heteroatoms. The third kappa shape index (κ3) is 5.79. The summed E-state index contributed by atoms with van der Waals surface area (Å²) in [5, 5.41) is 3.32. The van der Waals surface area contributed by atoms with Gasteiger partial charge in [0.05, 0.1) is 0 Å². The Morgan fingerprint density at radius 1 is 1.21 bits per heavy atom. The van der Waals surface area contributed by atoms with Crippen LogP contribution in [0.2, 0.25) is 0 Å². The van der Waals surface area contributed by atoms with Crippen LogP contribution in [0.4, 0.5) is 0 Å². The average molecular weight is 261 g/mol. The third-order valence-electron chi connectivity index (χ3n) is 3.26. The van der Waals surface area contributed by atoms with Crippen molar-refractivity contribution in [1.29, 1.82) is 0 Å². The summed E-state index contributed by atoms with van der Waals surface area (Å²) in [5.41, 5.74) is 6.73. The minimum Gasteiger partial charge on any atom is -0.403 e. The molecule has 1 heterocycles. The van der Waals surface area contributed by atoms with Crippen LogP contribution >= 0.6 is 0 Å². The Balaban J connectivity index is 0.000000861. The van der Waals surface area contributed by atoms with E-state index in [9.17, 15) is 0 Å². The summed E-state index contributed by atoms with van der Waals surface area (Å²) in [5.74, 6) is 0. The quantitative estimate of drug-likeness (QED) is 0.875. The van der Waals surface area contributed by atoms with Crippen molar-refractivity contribution in [2.45, 2.75) is 39.3 Å². The van der Waals surface area contributed by atoms with Crippen LogP contribution in [-0.2, 0) is 6.54 Å². The maximum absolute atomic E-state index is 5.32. The van der Waals surface area contributed by atoms with Crippen LogP contribution in [0.5, 0.6) is 0 Å². The zero-order valence-electron chi connectivity index (χ0n) is 12.2. The van der Waals surface area contributed by atoms with Gasteiger partial charge in [0, 0.05) is 38.1 Å². The van der Waals surface area contributed by atoms with E-state index < -0.39 is 0 Å². The van der Waals surface area contributed by atoms with E-state index in [0.29, 0.717) is 6.04 Å². The molecule has 1 saturated heterocycles. The van der Waals surface area contributed by atoms with Crippen molar-refractivity contribution in [3.63, 3.8) is 0 Å². The summed E-state index contributed by atoms with van der Waals surface area (Å²) in [6.45, 7) is 7.39. The standard InChI is InChI=1S/C14H21N3.C2H6/c15-8-9-16-14-6-10-17(11-7-14)12-13-4-2-1-3-5-13;1-2/h1-5,8-9,14,16H,6-7,10-12,15H2;1-2H3/b9-8-;. The first-order valence-electron chi connectivity index (χ1n) is 7.27. The maximum atomic E-state index is 5.32. The lowest BCUT2D eigenvalue weighted by atomic mass is 10.0. The van der Waals surface area contributed by atoms with Gasteiger partial charge in [-0.15, -0.1) is 0 Å². The number of rotatable bonds is 4. The lowest BCUT2D eigenvalue weighted by Gasteiger charge is -2.32. The third-order valence-corrected chi connectivity index (χ3v) is 3.26. The summed E-state index contributed by atoms with van der Waals surface area (Å²) in [7, 11) is 0. The van der Waals surface area contributed by atoms with Crippen LogP contribution in [0, 0.1) is 0 Å². The minimum absolute atomic E-state index is 0.585. The zero-order chi connectivity index (χ0) is 13.9. The number of hydrogen-bond acceptors (Lipinski definition) is 3. The Morgan fingerprint density at radius 3 is 2.42 bits per heavy atom. The van der Waals surface area contributed by atoms with Gasteiger partial charge in [0.25, 0.3) is 0 Å². The first-order chi connectivity index (χ1) is 9.38. The van der Waals surface area contributed by atoms with Gasteiger partial charge in [-0.1, -0.05) is 44.2 Å². The molecule has 1 aromatic carbocycles. The Kier molecular flexibility index (Phi) is 7.75. The molecule has 1 fully saturated rings. The molecule has 1 aliphatic rings. The fraction of sp³-hybridized carbons (Fsp3) is 0.500. The van der Waals surface area contributed by atoms with Crippen molar-refractivity contribution in [3.8, 4) is 0 Å². The molecule has 1 aliphatic heterocycles. The Bertz CT molecular complexity index is 340. The fourth-order valence-corrected chi connectivity index (χ4v) is 2.29. The second-order valence-corrected chi connectivity index (χ2v) is 4.56. The highest BCUT2D eigenvalue weighted by Crippen LogP contribution is 2.13. The first-order valence-corrected chi connectivity index (χ1v) is 7.27. The number of piperidine rings is 1. The van der Waals surface area contributed by atoms with E-state index in [0.717, 1.165) is 19.6 Å². The van der Waals surface area contributed by atoms with E-state index >= 15 is 0 Å². The molecule has 0 radical (unpaired) electrons. The van der Waals surface area contributed by atoms with Gasteiger partial charge in [-0.2, -0.15) is 0 Å². The monoisotopic (exact) mass is 261 g/mol. The molecule has 0 atom stereocenters. The molecule has 0 amide bonds. The fourth-order valence-electron chi connectivity index (χ4n) is 2.29. The molecule has 1 aromatic rings. The number of hydrogen-bond donors (Lipinski definition) is 2. The highest BCUT2D eigenvalue weighted by molar-refractivity contribution is 5.14. The van der Waals surface area contributed by atoms with Gasteiger partial charge in [0.2, 0.25) is 0 Å². The second-order valence-electron chi connectivity index (χ2n) is 4.56. The lowest BCUT2D eigenvalue weighted by Crippen LogP contribution is -2.40. The Morgan fingerprint density at radius 2 is 1.84 bits per heavy atom. The normalized spacial score (nSPS) is 16.9. The average Bonchev–Trinajstić information content (AvgIpc) is 2.50. The number of nitrogens with one attached hydrogen (secondary N) is 1. The van der Waals surface area contributed by atoms with Crippen LogP contribution < -0.4 is 11.1 Å². The SMILES string of the molecule is CC.N/C=C\NC1CCN(Cc2ccccc2)CC1. The van der Waals surface area contributed by atoms with Gasteiger partial charge < -0.3 is 11.1 Å². The van der Waals surface area contributed by atoms with Gasteiger partial charge >= 0.3 is 0 Å². The molecular weight excluding hydrogens is 234 g/mol. The Labute approximate surface area is 117 Å². The molecule has 0 unspecified atom stereocenters. The van der Waals surface area contributed by atoms with Crippen molar-refractivity contribution in [2.75, 3.05) is 13.1 Å². The van der Waals surface area contributed by atoms with Crippen LogP contribution in [0.15, 0.2) is 42.7 Å². The molecule has 19 heavy (non-hydrogen) atoms. The number of likely N-dealkylation sites (tertiary alicyclic amines) is 1. The van der Waals surface area contributed by atoms with Gasteiger partial charge in [0.1, 0.15) is 0 Å². The predicted octanol–water partition coefficient (Wildman–Crippen LogP) is 2.70. The molecule has 0 aliphatic carbocycles. The summed E-state index contributed by atoms with van der Waals surface area (Å²) in [6, 6.07) is 11.3. The van der Waals surface area contributed by atoms with E-state index in [2.05, 4.69) is 40.5 Å². The number of nitrogens with zero attached hydrogens (tertiary/aromatic N) is 1. The minimum atomic E-state index is 0.585. The van der Waals surface area contributed by atoms with Crippen LogP contribution in [0.3, 0.4) is 0 Å².